The van der Waals surface area contributed by atoms with Gasteiger partial charge in [0.15, 0.2) is 0 Å². The number of methoxy groups -OCH3 is 1. The standard InChI is InChI=1S/C14H19NO3/c1-10-6-11(17-3)4-5-12(10)13(16)15-7-14(2)8-18-9-14/h4-6H,7-9H2,1-3H3,(H,15,16). The number of nitrogens with one attached hydrogen (secondary N) is 1. The molecule has 0 atom stereocenters. The molecule has 1 amide bonds. The summed E-state index contributed by atoms with van der Waals surface area (Å²) in [6.45, 7) is 6.10. The number of carbonyl (C=O) groups is 1. The number of hydrogen-bond donors (Lipinski definition) is 1. The molecule has 4 nitrogen and oxygen atoms in total. The summed E-state index contributed by atoms with van der Waals surface area (Å²) in [6, 6.07) is 5.46. The van der Waals surface area contributed by atoms with Crippen LogP contribution in [0.5, 0.6) is 5.75 Å². The van der Waals surface area contributed by atoms with Crippen LogP contribution >= 0.6 is 0 Å². The number of rotatable bonds is 4. The zero-order valence-corrected chi connectivity index (χ0v) is 11.1. The summed E-state index contributed by atoms with van der Waals surface area (Å²) in [6.07, 6.45) is 0. The predicted octanol–water partition coefficient (Wildman–Crippen LogP) is 1.77. The van der Waals surface area contributed by atoms with Gasteiger partial charge in [-0.15, -0.1) is 0 Å². The van der Waals surface area contributed by atoms with E-state index in [1.54, 1.807) is 19.2 Å². The van der Waals surface area contributed by atoms with Gasteiger partial charge in [-0.2, -0.15) is 0 Å². The molecule has 0 aromatic heterocycles. The monoisotopic (exact) mass is 249 g/mol. The minimum absolute atomic E-state index is 0.0386. The molecule has 1 aliphatic heterocycles. The molecule has 1 aliphatic rings. The molecule has 0 radical (unpaired) electrons. The lowest BCUT2D eigenvalue weighted by Crippen LogP contribution is -2.48. The highest BCUT2D eigenvalue weighted by molar-refractivity contribution is 5.95. The molecule has 4 heteroatoms. The zero-order chi connectivity index (χ0) is 13.2. The highest BCUT2D eigenvalue weighted by Crippen LogP contribution is 2.25. The molecule has 1 N–H and O–H groups in total. The molecule has 1 heterocycles. The van der Waals surface area contributed by atoms with Crippen LogP contribution in [-0.2, 0) is 4.74 Å². The van der Waals surface area contributed by atoms with Crippen molar-refractivity contribution < 1.29 is 14.3 Å². The molecule has 0 saturated carbocycles. The molecule has 18 heavy (non-hydrogen) atoms. The summed E-state index contributed by atoms with van der Waals surface area (Å²) in [5, 5.41) is 2.96. The van der Waals surface area contributed by atoms with Crippen molar-refractivity contribution in [2.24, 2.45) is 5.41 Å². The Morgan fingerprint density at radius 2 is 2.22 bits per heavy atom. The molecular weight excluding hydrogens is 230 g/mol. The maximum absolute atomic E-state index is 12.1. The Kier molecular flexibility index (Phi) is 3.57. The van der Waals surface area contributed by atoms with Gasteiger partial charge in [0.2, 0.25) is 0 Å². The van der Waals surface area contributed by atoms with Crippen molar-refractivity contribution in [3.8, 4) is 5.75 Å². The quantitative estimate of drug-likeness (QED) is 0.884. The van der Waals surface area contributed by atoms with Crippen molar-refractivity contribution in [3.05, 3.63) is 29.3 Å². The van der Waals surface area contributed by atoms with E-state index in [0.29, 0.717) is 12.1 Å². The Morgan fingerprint density at radius 1 is 1.50 bits per heavy atom. The lowest BCUT2D eigenvalue weighted by atomic mass is 9.88. The number of carbonyl (C=O) groups excluding carboxylic acids is 1. The second-order valence-corrected chi connectivity index (χ2v) is 5.17. The van der Waals surface area contributed by atoms with Crippen molar-refractivity contribution in [1.82, 2.24) is 5.32 Å². The lowest BCUT2D eigenvalue weighted by Gasteiger charge is -2.38. The Morgan fingerprint density at radius 3 is 2.72 bits per heavy atom. The topological polar surface area (TPSA) is 47.6 Å². The van der Waals surface area contributed by atoms with Gasteiger partial charge in [-0.05, 0) is 30.7 Å². The van der Waals surface area contributed by atoms with Gasteiger partial charge >= 0.3 is 0 Å². The van der Waals surface area contributed by atoms with Crippen LogP contribution in [0.25, 0.3) is 0 Å². The maximum atomic E-state index is 12.1. The Hall–Kier alpha value is -1.55. The van der Waals surface area contributed by atoms with Gasteiger partial charge in [-0.1, -0.05) is 6.92 Å². The van der Waals surface area contributed by atoms with Crippen molar-refractivity contribution in [2.45, 2.75) is 13.8 Å². The molecule has 1 saturated heterocycles. The number of benzene rings is 1. The third-order valence-electron chi connectivity index (χ3n) is 3.25. The molecule has 2 rings (SSSR count). The van der Waals surface area contributed by atoms with E-state index in [2.05, 4.69) is 12.2 Å². The lowest BCUT2D eigenvalue weighted by molar-refractivity contribution is -0.0978. The summed E-state index contributed by atoms with van der Waals surface area (Å²) in [5.74, 6) is 0.728. The Labute approximate surface area is 107 Å². The van der Waals surface area contributed by atoms with Crippen LogP contribution in [-0.4, -0.2) is 32.8 Å². The molecule has 1 fully saturated rings. The molecule has 98 valence electrons. The number of aryl methyl sites for hydroxylation is 1. The van der Waals surface area contributed by atoms with Gasteiger partial charge in [0.1, 0.15) is 5.75 Å². The van der Waals surface area contributed by atoms with Crippen molar-refractivity contribution >= 4 is 5.91 Å². The number of hydrogen-bond acceptors (Lipinski definition) is 3. The van der Waals surface area contributed by atoms with Gasteiger partial charge in [0.25, 0.3) is 5.91 Å². The van der Waals surface area contributed by atoms with E-state index in [0.717, 1.165) is 24.5 Å². The Bertz CT molecular complexity index is 452. The van der Waals surface area contributed by atoms with E-state index < -0.39 is 0 Å². The molecule has 0 aliphatic carbocycles. The molecular formula is C14H19NO3. The molecule has 0 spiro atoms. The van der Waals surface area contributed by atoms with Crippen molar-refractivity contribution in [3.63, 3.8) is 0 Å². The average Bonchev–Trinajstić information content (AvgIpc) is 2.33. The van der Waals surface area contributed by atoms with E-state index in [-0.39, 0.29) is 11.3 Å². The number of amides is 1. The minimum atomic E-state index is -0.0386. The fraction of sp³-hybridized carbons (Fsp3) is 0.500. The first-order chi connectivity index (χ1) is 8.54. The molecule has 1 aromatic carbocycles. The van der Waals surface area contributed by atoms with Crippen LogP contribution in [0.15, 0.2) is 18.2 Å². The van der Waals surface area contributed by atoms with Crippen molar-refractivity contribution in [1.29, 1.82) is 0 Å². The van der Waals surface area contributed by atoms with Gasteiger partial charge in [-0.3, -0.25) is 4.79 Å². The zero-order valence-electron chi connectivity index (χ0n) is 11.1. The highest BCUT2D eigenvalue weighted by Gasteiger charge is 2.33. The summed E-state index contributed by atoms with van der Waals surface area (Å²) in [4.78, 5) is 12.1. The van der Waals surface area contributed by atoms with E-state index in [9.17, 15) is 4.79 Å². The van der Waals surface area contributed by atoms with Gasteiger partial charge in [-0.25, -0.2) is 0 Å². The predicted molar refractivity (Wildman–Crippen MR) is 69.0 cm³/mol. The van der Waals surface area contributed by atoms with Crippen molar-refractivity contribution in [2.75, 3.05) is 26.9 Å². The summed E-state index contributed by atoms with van der Waals surface area (Å²) in [5.41, 5.74) is 1.71. The molecule has 0 unspecified atom stereocenters. The van der Waals surface area contributed by atoms with Crippen LogP contribution in [0.2, 0.25) is 0 Å². The highest BCUT2D eigenvalue weighted by atomic mass is 16.5. The second kappa shape index (κ2) is 4.98. The largest absolute Gasteiger partial charge is 0.497 e. The first-order valence-electron chi connectivity index (χ1n) is 6.05. The maximum Gasteiger partial charge on any atom is 0.251 e. The van der Waals surface area contributed by atoms with Crippen LogP contribution in [0.4, 0.5) is 0 Å². The fourth-order valence-electron chi connectivity index (χ4n) is 1.96. The minimum Gasteiger partial charge on any atom is -0.497 e. The van der Waals surface area contributed by atoms with Crippen LogP contribution < -0.4 is 10.1 Å². The van der Waals surface area contributed by atoms with E-state index >= 15 is 0 Å². The average molecular weight is 249 g/mol. The molecule has 1 aromatic rings. The first-order valence-corrected chi connectivity index (χ1v) is 6.05. The number of ether oxygens (including phenoxy) is 2. The van der Waals surface area contributed by atoms with E-state index in [1.165, 1.54) is 0 Å². The van der Waals surface area contributed by atoms with Gasteiger partial charge < -0.3 is 14.8 Å². The second-order valence-electron chi connectivity index (χ2n) is 5.17. The van der Waals surface area contributed by atoms with Crippen LogP contribution in [0.1, 0.15) is 22.8 Å². The first kappa shape index (κ1) is 12.9. The van der Waals surface area contributed by atoms with Gasteiger partial charge in [0.05, 0.1) is 20.3 Å². The van der Waals surface area contributed by atoms with E-state index in [4.69, 9.17) is 9.47 Å². The third-order valence-corrected chi connectivity index (χ3v) is 3.25. The summed E-state index contributed by atoms with van der Waals surface area (Å²) < 4.78 is 10.3. The van der Waals surface area contributed by atoms with Crippen LogP contribution in [0.3, 0.4) is 0 Å². The smallest absolute Gasteiger partial charge is 0.251 e. The van der Waals surface area contributed by atoms with Crippen LogP contribution in [0, 0.1) is 12.3 Å². The fourth-order valence-corrected chi connectivity index (χ4v) is 1.96. The third kappa shape index (κ3) is 2.64. The summed E-state index contributed by atoms with van der Waals surface area (Å²) in [7, 11) is 1.62. The normalized spacial score (nSPS) is 16.8. The van der Waals surface area contributed by atoms with E-state index in [1.807, 2.05) is 13.0 Å². The molecule has 0 bridgehead atoms. The Balaban J connectivity index is 2.00. The SMILES string of the molecule is COc1ccc(C(=O)NCC2(C)COC2)c(C)c1. The van der Waals surface area contributed by atoms with Gasteiger partial charge in [0, 0.05) is 17.5 Å². The summed E-state index contributed by atoms with van der Waals surface area (Å²) >= 11 is 0.